The number of carbonyl (C=O) groups is 3. The van der Waals surface area contributed by atoms with E-state index in [1.54, 1.807) is 36.1 Å². The van der Waals surface area contributed by atoms with Gasteiger partial charge in [-0.05, 0) is 38.4 Å². The van der Waals surface area contributed by atoms with Crippen molar-refractivity contribution in [2.75, 3.05) is 31.6 Å². The first-order valence-electron chi connectivity index (χ1n) is 8.62. The third-order valence-corrected chi connectivity index (χ3v) is 4.20. The molecule has 2 rings (SSSR count). The number of benzene rings is 1. The van der Waals surface area contributed by atoms with Crippen LogP contribution in [0.3, 0.4) is 0 Å². The Bertz CT molecular complexity index is 679. The van der Waals surface area contributed by atoms with Gasteiger partial charge >= 0.3 is 5.97 Å². The second kappa shape index (κ2) is 8.77. The second-order valence-electron chi connectivity index (χ2n) is 6.50. The van der Waals surface area contributed by atoms with Gasteiger partial charge in [-0.2, -0.15) is 0 Å². The molecule has 1 fully saturated rings. The van der Waals surface area contributed by atoms with Gasteiger partial charge in [0.15, 0.2) is 0 Å². The number of carbonyl (C=O) groups excluding carboxylic acids is 3. The van der Waals surface area contributed by atoms with Crippen LogP contribution in [0.25, 0.3) is 0 Å². The van der Waals surface area contributed by atoms with E-state index in [0.29, 0.717) is 25.1 Å². The largest absolute Gasteiger partial charge is 0.462 e. The number of piperidine rings is 1. The Morgan fingerprint density at radius 3 is 2.77 bits per heavy atom. The minimum absolute atomic E-state index is 0.0399. The van der Waals surface area contributed by atoms with E-state index in [1.807, 2.05) is 0 Å². The zero-order chi connectivity index (χ0) is 19.2. The third-order valence-electron chi connectivity index (χ3n) is 4.20. The number of para-hydroxylation sites is 1. The molecule has 4 N–H and O–H groups in total. The van der Waals surface area contributed by atoms with Crippen LogP contribution in [0.1, 0.15) is 36.5 Å². The predicted octanol–water partition coefficient (Wildman–Crippen LogP) is 0.504. The first-order valence-corrected chi connectivity index (χ1v) is 8.62. The number of nitrogens with zero attached hydrogens (tertiary/aromatic N) is 1. The van der Waals surface area contributed by atoms with Gasteiger partial charge in [-0.15, -0.1) is 0 Å². The number of hydrogen-bond acceptors (Lipinski definition) is 6. The molecule has 0 aliphatic carbocycles. The molecule has 1 atom stereocenters. The number of nitrogens with two attached hydrogens (primary N) is 1. The van der Waals surface area contributed by atoms with Crippen LogP contribution in [0.15, 0.2) is 24.3 Å². The number of aliphatic hydroxyl groups is 1. The maximum Gasteiger partial charge on any atom is 0.340 e. The lowest BCUT2D eigenvalue weighted by atomic mass is 9.89. The molecule has 0 aromatic heterocycles. The third kappa shape index (κ3) is 5.53. The number of ether oxygens (including phenoxy) is 1. The van der Waals surface area contributed by atoms with Crippen LogP contribution in [0.2, 0.25) is 0 Å². The van der Waals surface area contributed by atoms with E-state index < -0.39 is 17.5 Å². The van der Waals surface area contributed by atoms with E-state index in [9.17, 15) is 19.5 Å². The minimum atomic E-state index is -1.20. The van der Waals surface area contributed by atoms with Crippen LogP contribution in [0, 0.1) is 0 Å². The highest BCUT2D eigenvalue weighted by molar-refractivity contribution is 6.01. The Balaban J connectivity index is 1.99. The van der Waals surface area contributed by atoms with Crippen molar-refractivity contribution in [3.05, 3.63) is 29.8 Å². The van der Waals surface area contributed by atoms with Crippen molar-refractivity contribution in [2.24, 2.45) is 5.73 Å². The van der Waals surface area contributed by atoms with Gasteiger partial charge in [0.25, 0.3) is 0 Å². The molecule has 1 saturated heterocycles. The van der Waals surface area contributed by atoms with Crippen LogP contribution in [-0.2, 0) is 14.3 Å². The summed E-state index contributed by atoms with van der Waals surface area (Å²) in [7, 11) is 0. The van der Waals surface area contributed by atoms with Crippen molar-refractivity contribution in [3.8, 4) is 0 Å². The van der Waals surface area contributed by atoms with Crippen molar-refractivity contribution >= 4 is 23.5 Å². The van der Waals surface area contributed by atoms with Crippen LogP contribution < -0.4 is 11.1 Å². The van der Waals surface area contributed by atoms with Crippen molar-refractivity contribution in [3.63, 3.8) is 0 Å². The number of primary amides is 1. The lowest BCUT2D eigenvalue weighted by Crippen LogP contribution is -2.51. The normalized spacial score (nSPS) is 20.4. The summed E-state index contributed by atoms with van der Waals surface area (Å²) < 4.78 is 4.99. The molecule has 26 heavy (non-hydrogen) atoms. The Labute approximate surface area is 152 Å². The number of hydrogen-bond donors (Lipinski definition) is 3. The maximum atomic E-state index is 12.4. The number of amides is 2. The molecule has 0 saturated carbocycles. The number of rotatable bonds is 7. The summed E-state index contributed by atoms with van der Waals surface area (Å²) in [5.74, 6) is -1.38. The fraction of sp³-hybridized carbons (Fsp3) is 0.500. The average Bonchev–Trinajstić information content (AvgIpc) is 2.54. The molecule has 1 aliphatic rings. The van der Waals surface area contributed by atoms with Gasteiger partial charge in [0, 0.05) is 6.54 Å². The van der Waals surface area contributed by atoms with Gasteiger partial charge < -0.3 is 20.9 Å². The molecule has 0 radical (unpaired) electrons. The first-order chi connectivity index (χ1) is 12.3. The number of nitrogens with one attached hydrogen (secondary N) is 1. The summed E-state index contributed by atoms with van der Waals surface area (Å²) in [4.78, 5) is 37.2. The molecule has 2 amide bonds. The summed E-state index contributed by atoms with van der Waals surface area (Å²) in [5.41, 5.74) is 4.64. The van der Waals surface area contributed by atoms with Crippen molar-refractivity contribution in [2.45, 2.75) is 31.8 Å². The molecular weight excluding hydrogens is 338 g/mol. The molecule has 1 aromatic rings. The summed E-state index contributed by atoms with van der Waals surface area (Å²) in [6.45, 7) is 2.82. The van der Waals surface area contributed by atoms with E-state index in [2.05, 4.69) is 5.32 Å². The van der Waals surface area contributed by atoms with Gasteiger partial charge in [-0.3, -0.25) is 14.5 Å². The van der Waals surface area contributed by atoms with Crippen LogP contribution >= 0.6 is 0 Å². The molecule has 1 heterocycles. The second-order valence-corrected chi connectivity index (χ2v) is 6.50. The molecule has 1 unspecified atom stereocenters. The maximum absolute atomic E-state index is 12.4. The number of likely N-dealkylation sites (tertiary alicyclic amines) is 1. The fourth-order valence-corrected chi connectivity index (χ4v) is 3.18. The van der Waals surface area contributed by atoms with Crippen molar-refractivity contribution < 1.29 is 24.2 Å². The van der Waals surface area contributed by atoms with Gasteiger partial charge in [-0.25, -0.2) is 4.79 Å². The molecule has 1 aromatic carbocycles. The molecule has 142 valence electrons. The van der Waals surface area contributed by atoms with Gasteiger partial charge in [0.2, 0.25) is 11.8 Å². The molecule has 8 nitrogen and oxygen atoms in total. The molecule has 8 heteroatoms. The highest BCUT2D eigenvalue weighted by Gasteiger charge is 2.35. The van der Waals surface area contributed by atoms with Crippen LogP contribution in [-0.4, -0.2) is 59.6 Å². The lowest BCUT2D eigenvalue weighted by Gasteiger charge is -2.38. The summed E-state index contributed by atoms with van der Waals surface area (Å²) >= 11 is 0. The van der Waals surface area contributed by atoms with Crippen LogP contribution in [0.4, 0.5) is 5.69 Å². The van der Waals surface area contributed by atoms with Crippen molar-refractivity contribution in [1.29, 1.82) is 0 Å². The standard InChI is InChI=1S/C18H25N3O5/c1-2-26-17(24)13-6-3-4-7-14(13)20-16(23)11-21-9-5-8-18(25,12-21)10-15(19)22/h3-4,6-7,25H,2,5,8-12H2,1H3,(H2,19,22)(H,20,23). The Kier molecular flexibility index (Phi) is 6.70. The number of anilines is 1. The van der Waals surface area contributed by atoms with Crippen molar-refractivity contribution in [1.82, 2.24) is 4.90 Å². The predicted molar refractivity (Wildman–Crippen MR) is 95.5 cm³/mol. The molecular formula is C18H25N3O5. The Morgan fingerprint density at radius 1 is 1.35 bits per heavy atom. The highest BCUT2D eigenvalue weighted by Crippen LogP contribution is 2.24. The lowest BCUT2D eigenvalue weighted by molar-refractivity contribution is -0.126. The Hall–Kier alpha value is -2.45. The quantitative estimate of drug-likeness (QED) is 0.607. The highest BCUT2D eigenvalue weighted by atomic mass is 16.5. The van der Waals surface area contributed by atoms with E-state index in [1.165, 1.54) is 0 Å². The fourth-order valence-electron chi connectivity index (χ4n) is 3.18. The van der Waals surface area contributed by atoms with E-state index >= 15 is 0 Å². The van der Waals surface area contributed by atoms with Gasteiger partial charge in [-0.1, -0.05) is 12.1 Å². The van der Waals surface area contributed by atoms with E-state index in [0.717, 1.165) is 0 Å². The molecule has 0 bridgehead atoms. The smallest absolute Gasteiger partial charge is 0.340 e. The monoisotopic (exact) mass is 363 g/mol. The number of esters is 1. The minimum Gasteiger partial charge on any atom is -0.462 e. The molecule has 0 spiro atoms. The first kappa shape index (κ1) is 19.9. The topological polar surface area (TPSA) is 122 Å². The summed E-state index contributed by atoms with van der Waals surface area (Å²) in [6, 6.07) is 6.62. The van der Waals surface area contributed by atoms with Crippen LogP contribution in [0.5, 0.6) is 0 Å². The molecule has 1 aliphatic heterocycles. The van der Waals surface area contributed by atoms with E-state index in [4.69, 9.17) is 10.5 Å². The van der Waals surface area contributed by atoms with Gasteiger partial charge in [0.1, 0.15) is 0 Å². The van der Waals surface area contributed by atoms with E-state index in [-0.39, 0.29) is 37.6 Å². The zero-order valence-corrected chi connectivity index (χ0v) is 14.9. The zero-order valence-electron chi connectivity index (χ0n) is 14.9. The summed E-state index contributed by atoms with van der Waals surface area (Å²) in [5, 5.41) is 13.2. The van der Waals surface area contributed by atoms with Gasteiger partial charge in [0.05, 0.1) is 36.4 Å². The average molecular weight is 363 g/mol. The number of β-amino-alcohol motifs (C(OH)–C–C–N with tert-alkyl or cyclic N) is 1. The Morgan fingerprint density at radius 2 is 2.08 bits per heavy atom. The summed E-state index contributed by atoms with van der Waals surface area (Å²) in [6.07, 6.45) is 1.01. The SMILES string of the molecule is CCOC(=O)c1ccccc1NC(=O)CN1CCCC(O)(CC(N)=O)C1.